The van der Waals surface area contributed by atoms with Gasteiger partial charge in [0, 0.05) is 24.5 Å². The summed E-state index contributed by atoms with van der Waals surface area (Å²) in [4.78, 5) is 16.0. The molecule has 4 heteroatoms. The van der Waals surface area contributed by atoms with Crippen molar-refractivity contribution < 1.29 is 4.79 Å². The third-order valence-electron chi connectivity index (χ3n) is 9.50. The number of hydrogen-bond donors (Lipinski definition) is 2. The van der Waals surface area contributed by atoms with Crippen LogP contribution < -0.4 is 15.5 Å². The Labute approximate surface area is 263 Å². The summed E-state index contributed by atoms with van der Waals surface area (Å²) in [5.74, 6) is 0.180. The van der Waals surface area contributed by atoms with Crippen molar-refractivity contribution in [2.75, 3.05) is 11.4 Å². The van der Waals surface area contributed by atoms with E-state index >= 15 is 0 Å². The Morgan fingerprint density at radius 1 is 0.705 bits per heavy atom. The Hall–Kier alpha value is -3.89. The van der Waals surface area contributed by atoms with Gasteiger partial charge in [-0.05, 0) is 75.6 Å². The molecule has 44 heavy (non-hydrogen) atoms. The van der Waals surface area contributed by atoms with Crippen LogP contribution >= 0.6 is 0 Å². The lowest BCUT2D eigenvalue weighted by molar-refractivity contribution is 0.245. The molecule has 228 valence electrons. The van der Waals surface area contributed by atoms with Gasteiger partial charge >= 0.3 is 6.03 Å². The largest absolute Gasteiger partial charge is 0.333 e. The van der Waals surface area contributed by atoms with Crippen molar-refractivity contribution in [3.05, 3.63) is 130 Å². The summed E-state index contributed by atoms with van der Waals surface area (Å²) in [6.07, 6.45) is 2.71. The number of aryl methyl sites for hydroxylation is 2. The number of carbonyl (C=O) groups is 1. The standard InChI is InChI=1S/C40H47N3O/c1-39(2,3)31-21-17-29(18-22-31)37(30-19-23-32(24-20-30)40(4,5)6)34-25-33(26-41-34)42-38(44)43-35-13-9-7-11-27(35)15-16-28-12-8-10-14-36(28)43/h7-14,17-24,33-34,37,41H,15-16,25-26H2,1-6H3,(H,42,44). The van der Waals surface area contributed by atoms with Crippen molar-refractivity contribution in [2.24, 2.45) is 0 Å². The van der Waals surface area contributed by atoms with Gasteiger partial charge in [0.15, 0.2) is 0 Å². The first kappa shape index (κ1) is 30.1. The van der Waals surface area contributed by atoms with Crippen LogP contribution in [0.2, 0.25) is 0 Å². The van der Waals surface area contributed by atoms with Gasteiger partial charge in [0.2, 0.25) is 0 Å². The van der Waals surface area contributed by atoms with E-state index in [0.29, 0.717) is 0 Å². The second-order valence-electron chi connectivity index (χ2n) is 14.7. The van der Waals surface area contributed by atoms with Gasteiger partial charge in [0.05, 0.1) is 11.4 Å². The molecule has 0 radical (unpaired) electrons. The van der Waals surface area contributed by atoms with E-state index in [-0.39, 0.29) is 34.9 Å². The van der Waals surface area contributed by atoms with Crippen molar-refractivity contribution in [1.29, 1.82) is 0 Å². The molecule has 0 saturated carbocycles. The molecule has 0 bridgehead atoms. The molecule has 6 rings (SSSR count). The molecule has 2 atom stereocenters. The van der Waals surface area contributed by atoms with E-state index in [1.165, 1.54) is 33.4 Å². The highest BCUT2D eigenvalue weighted by molar-refractivity contribution is 6.01. The zero-order chi connectivity index (χ0) is 31.1. The lowest BCUT2D eigenvalue weighted by Crippen LogP contribution is -2.44. The maximum atomic E-state index is 14.1. The number of carbonyl (C=O) groups excluding carboxylic acids is 1. The molecule has 1 saturated heterocycles. The fourth-order valence-electron chi connectivity index (χ4n) is 6.91. The lowest BCUT2D eigenvalue weighted by Gasteiger charge is -2.28. The Balaban J connectivity index is 1.27. The van der Waals surface area contributed by atoms with Crippen LogP contribution in [-0.2, 0) is 23.7 Å². The molecule has 2 aliphatic heterocycles. The van der Waals surface area contributed by atoms with E-state index < -0.39 is 0 Å². The highest BCUT2D eigenvalue weighted by Crippen LogP contribution is 2.38. The predicted molar refractivity (Wildman–Crippen MR) is 183 cm³/mol. The highest BCUT2D eigenvalue weighted by Gasteiger charge is 2.35. The van der Waals surface area contributed by atoms with Crippen molar-refractivity contribution in [3.63, 3.8) is 0 Å². The summed E-state index contributed by atoms with van der Waals surface area (Å²) in [6.45, 7) is 14.3. The van der Waals surface area contributed by atoms with E-state index in [1.807, 2.05) is 17.0 Å². The molecule has 0 aromatic heterocycles. The SMILES string of the molecule is CC(C)(C)c1ccc(C(c2ccc(C(C)(C)C)cc2)C2CC(NC(=O)N3c4ccccc4CCc4ccccc43)CN2)cc1. The summed E-state index contributed by atoms with van der Waals surface area (Å²) in [6, 6.07) is 35.2. The van der Waals surface area contributed by atoms with E-state index in [2.05, 4.69) is 137 Å². The van der Waals surface area contributed by atoms with Crippen LogP contribution in [0.4, 0.5) is 16.2 Å². The Morgan fingerprint density at radius 2 is 1.16 bits per heavy atom. The third kappa shape index (κ3) is 6.19. The first-order valence-corrected chi connectivity index (χ1v) is 16.2. The minimum absolute atomic E-state index is 0.0280. The second kappa shape index (κ2) is 11.9. The molecular formula is C40H47N3O. The Kier molecular flexibility index (Phi) is 8.15. The third-order valence-corrected chi connectivity index (χ3v) is 9.50. The Bertz CT molecular complexity index is 1500. The first-order chi connectivity index (χ1) is 21.0. The van der Waals surface area contributed by atoms with Crippen LogP contribution in [0.25, 0.3) is 0 Å². The number of nitrogens with zero attached hydrogens (tertiary/aromatic N) is 1. The van der Waals surface area contributed by atoms with Gasteiger partial charge in [0.1, 0.15) is 0 Å². The zero-order valence-electron chi connectivity index (χ0n) is 27.2. The summed E-state index contributed by atoms with van der Waals surface area (Å²) in [5.41, 5.74) is 9.87. The maximum absolute atomic E-state index is 14.1. The van der Waals surface area contributed by atoms with Gasteiger partial charge in [-0.1, -0.05) is 126 Å². The van der Waals surface area contributed by atoms with E-state index in [4.69, 9.17) is 0 Å². The fourth-order valence-corrected chi connectivity index (χ4v) is 6.91. The monoisotopic (exact) mass is 585 g/mol. The number of nitrogens with one attached hydrogen (secondary N) is 2. The summed E-state index contributed by atoms with van der Waals surface area (Å²) in [5, 5.41) is 7.25. The molecule has 4 aromatic rings. The molecule has 0 spiro atoms. The van der Waals surface area contributed by atoms with E-state index in [1.54, 1.807) is 0 Å². The number of anilines is 2. The number of rotatable bonds is 4. The van der Waals surface area contributed by atoms with E-state index in [0.717, 1.165) is 37.2 Å². The quantitative estimate of drug-likeness (QED) is 0.251. The van der Waals surface area contributed by atoms with Gasteiger partial charge in [-0.3, -0.25) is 4.90 Å². The number of hydrogen-bond acceptors (Lipinski definition) is 2. The number of amides is 2. The normalized spacial score (nSPS) is 18.5. The number of para-hydroxylation sites is 2. The van der Waals surface area contributed by atoms with Gasteiger partial charge in [0.25, 0.3) is 0 Å². The number of urea groups is 1. The van der Waals surface area contributed by atoms with Crippen LogP contribution in [0.3, 0.4) is 0 Å². The van der Waals surface area contributed by atoms with Crippen molar-refractivity contribution in [2.45, 2.75) is 89.6 Å². The zero-order valence-corrected chi connectivity index (χ0v) is 27.2. The van der Waals surface area contributed by atoms with Crippen molar-refractivity contribution in [1.82, 2.24) is 10.6 Å². The lowest BCUT2D eigenvalue weighted by atomic mass is 9.80. The molecule has 2 unspecified atom stereocenters. The highest BCUT2D eigenvalue weighted by atomic mass is 16.2. The van der Waals surface area contributed by atoms with E-state index in [9.17, 15) is 4.79 Å². The minimum atomic E-state index is -0.0557. The van der Waals surface area contributed by atoms with Crippen LogP contribution in [-0.4, -0.2) is 24.7 Å². The smallest absolute Gasteiger partial charge is 0.326 e. The minimum Gasteiger partial charge on any atom is -0.333 e. The van der Waals surface area contributed by atoms with Gasteiger partial charge in [-0.2, -0.15) is 0 Å². The van der Waals surface area contributed by atoms with Crippen LogP contribution in [0, 0.1) is 0 Å². The van der Waals surface area contributed by atoms with Gasteiger partial charge in [-0.25, -0.2) is 4.79 Å². The first-order valence-electron chi connectivity index (χ1n) is 16.2. The average molecular weight is 586 g/mol. The number of fused-ring (bicyclic) bond motifs is 2. The maximum Gasteiger partial charge on any atom is 0.326 e. The molecule has 2 heterocycles. The summed E-state index contributed by atoms with van der Waals surface area (Å²) in [7, 11) is 0. The van der Waals surface area contributed by atoms with Crippen LogP contribution in [0.5, 0.6) is 0 Å². The van der Waals surface area contributed by atoms with Crippen LogP contribution in [0.15, 0.2) is 97.1 Å². The topological polar surface area (TPSA) is 44.4 Å². The van der Waals surface area contributed by atoms with Crippen molar-refractivity contribution >= 4 is 17.4 Å². The molecule has 2 aliphatic rings. The average Bonchev–Trinajstić information content (AvgIpc) is 3.37. The van der Waals surface area contributed by atoms with Gasteiger partial charge < -0.3 is 10.6 Å². The Morgan fingerprint density at radius 3 is 1.61 bits per heavy atom. The van der Waals surface area contributed by atoms with Crippen LogP contribution in [0.1, 0.15) is 87.3 Å². The molecule has 2 amide bonds. The molecule has 4 aromatic carbocycles. The van der Waals surface area contributed by atoms with Crippen molar-refractivity contribution in [3.8, 4) is 0 Å². The second-order valence-corrected chi connectivity index (χ2v) is 14.7. The molecule has 0 aliphatic carbocycles. The summed E-state index contributed by atoms with van der Waals surface area (Å²) < 4.78 is 0. The molecular weight excluding hydrogens is 538 g/mol. The molecule has 2 N–H and O–H groups in total. The van der Waals surface area contributed by atoms with Gasteiger partial charge in [-0.15, -0.1) is 0 Å². The predicted octanol–water partition coefficient (Wildman–Crippen LogP) is 8.79. The number of benzene rings is 4. The molecule has 1 fully saturated rings. The molecule has 4 nitrogen and oxygen atoms in total. The fraction of sp³-hybridized carbons (Fsp3) is 0.375. The summed E-state index contributed by atoms with van der Waals surface area (Å²) >= 11 is 0.